The summed E-state index contributed by atoms with van der Waals surface area (Å²) in [6.45, 7) is 7.91. The van der Waals surface area contributed by atoms with Gasteiger partial charge in [0.25, 0.3) is 0 Å². The zero-order chi connectivity index (χ0) is 22.7. The largest absolute Gasteiger partial charge is 0.381 e. The van der Waals surface area contributed by atoms with Crippen LogP contribution in [0.25, 0.3) is 21.8 Å². The molecule has 1 aliphatic rings. The second-order valence-corrected chi connectivity index (χ2v) is 10.3. The third-order valence-corrected chi connectivity index (χ3v) is 6.78. The lowest BCUT2D eigenvalue weighted by molar-refractivity contribution is 0.0629. The van der Waals surface area contributed by atoms with Crippen molar-refractivity contribution in [1.29, 1.82) is 0 Å². The van der Waals surface area contributed by atoms with Gasteiger partial charge in [-0.05, 0) is 76.6 Å². The third kappa shape index (κ3) is 5.15. The Balaban J connectivity index is 1.54. The highest BCUT2D eigenvalue weighted by molar-refractivity contribution is 7.13. The lowest BCUT2D eigenvalue weighted by Gasteiger charge is -2.23. The SMILES string of the molecule is CC(C)(C)n1ncc(-c2nc(C(=O)CCCC3CCOCC3)cs2)c1-c1ccc(F)cc1. The maximum absolute atomic E-state index is 13.5. The van der Waals surface area contributed by atoms with Crippen molar-refractivity contribution in [2.24, 2.45) is 5.92 Å². The molecule has 1 aromatic carbocycles. The summed E-state index contributed by atoms with van der Waals surface area (Å²) in [5.41, 5.74) is 2.87. The van der Waals surface area contributed by atoms with Crippen LogP contribution in [0.15, 0.2) is 35.8 Å². The predicted molar refractivity (Wildman–Crippen MR) is 125 cm³/mol. The van der Waals surface area contributed by atoms with Crippen molar-refractivity contribution in [3.8, 4) is 21.8 Å². The predicted octanol–water partition coefficient (Wildman–Crippen LogP) is 6.35. The highest BCUT2D eigenvalue weighted by atomic mass is 32.1. The van der Waals surface area contributed by atoms with Crippen molar-refractivity contribution in [2.45, 2.75) is 58.4 Å². The van der Waals surface area contributed by atoms with Gasteiger partial charge in [-0.15, -0.1) is 11.3 Å². The Kier molecular flexibility index (Phi) is 6.86. The fourth-order valence-corrected chi connectivity index (χ4v) is 4.97. The molecule has 0 bridgehead atoms. The number of hydrogen-bond acceptors (Lipinski definition) is 5. The maximum atomic E-state index is 13.5. The Hall–Kier alpha value is -2.38. The van der Waals surface area contributed by atoms with Crippen LogP contribution in [-0.2, 0) is 10.3 Å². The number of halogens is 1. The Bertz CT molecular complexity index is 1060. The molecule has 32 heavy (non-hydrogen) atoms. The molecule has 2 aromatic heterocycles. The number of hydrogen-bond donors (Lipinski definition) is 0. The second kappa shape index (κ2) is 9.63. The fourth-order valence-electron chi connectivity index (χ4n) is 4.14. The van der Waals surface area contributed by atoms with Crippen molar-refractivity contribution < 1.29 is 13.9 Å². The number of carbonyl (C=O) groups is 1. The minimum atomic E-state index is -0.278. The topological polar surface area (TPSA) is 57.0 Å². The Morgan fingerprint density at radius 2 is 1.94 bits per heavy atom. The first-order valence-electron chi connectivity index (χ1n) is 11.2. The number of aromatic nitrogens is 3. The Labute approximate surface area is 192 Å². The van der Waals surface area contributed by atoms with Crippen LogP contribution in [0.4, 0.5) is 4.39 Å². The molecule has 3 aromatic rings. The minimum absolute atomic E-state index is 0.0890. The number of nitrogens with zero attached hydrogens (tertiary/aromatic N) is 3. The zero-order valence-corrected chi connectivity index (χ0v) is 19.8. The molecule has 0 N–H and O–H groups in total. The molecular weight excluding hydrogens is 425 g/mol. The molecule has 3 heterocycles. The Morgan fingerprint density at radius 1 is 1.22 bits per heavy atom. The summed E-state index contributed by atoms with van der Waals surface area (Å²) in [6, 6.07) is 6.42. The summed E-state index contributed by atoms with van der Waals surface area (Å²) < 4.78 is 20.9. The van der Waals surface area contributed by atoms with Crippen LogP contribution < -0.4 is 0 Å². The highest BCUT2D eigenvalue weighted by Gasteiger charge is 2.25. The van der Waals surface area contributed by atoms with E-state index in [9.17, 15) is 9.18 Å². The maximum Gasteiger partial charge on any atom is 0.182 e. The van der Waals surface area contributed by atoms with Crippen molar-refractivity contribution in [3.05, 3.63) is 47.4 Å². The smallest absolute Gasteiger partial charge is 0.182 e. The van der Waals surface area contributed by atoms with Crippen LogP contribution >= 0.6 is 11.3 Å². The van der Waals surface area contributed by atoms with Gasteiger partial charge in [0.1, 0.15) is 16.5 Å². The van der Waals surface area contributed by atoms with Gasteiger partial charge in [-0.2, -0.15) is 5.10 Å². The normalized spacial score (nSPS) is 15.2. The van der Waals surface area contributed by atoms with Gasteiger partial charge in [0.2, 0.25) is 0 Å². The van der Waals surface area contributed by atoms with Gasteiger partial charge >= 0.3 is 0 Å². The molecule has 170 valence electrons. The van der Waals surface area contributed by atoms with Crippen LogP contribution in [0.3, 0.4) is 0 Å². The van der Waals surface area contributed by atoms with E-state index >= 15 is 0 Å². The summed E-state index contributed by atoms with van der Waals surface area (Å²) in [6.07, 6.45) is 6.46. The molecule has 0 unspecified atom stereocenters. The number of benzene rings is 1. The van der Waals surface area contributed by atoms with E-state index in [4.69, 9.17) is 4.74 Å². The molecule has 1 fully saturated rings. The molecule has 0 amide bonds. The van der Waals surface area contributed by atoms with E-state index in [1.165, 1.54) is 23.5 Å². The lowest BCUT2D eigenvalue weighted by Crippen LogP contribution is -2.24. The summed E-state index contributed by atoms with van der Waals surface area (Å²) >= 11 is 1.45. The van der Waals surface area contributed by atoms with E-state index in [1.807, 2.05) is 10.1 Å². The summed E-state index contributed by atoms with van der Waals surface area (Å²) in [5.74, 6) is 0.482. The van der Waals surface area contributed by atoms with Gasteiger partial charge in [0.15, 0.2) is 5.78 Å². The molecule has 1 aliphatic heterocycles. The van der Waals surface area contributed by atoms with Crippen LogP contribution in [0, 0.1) is 11.7 Å². The summed E-state index contributed by atoms with van der Waals surface area (Å²) in [7, 11) is 0. The summed E-state index contributed by atoms with van der Waals surface area (Å²) in [4.78, 5) is 17.4. The van der Waals surface area contributed by atoms with E-state index in [0.29, 0.717) is 18.0 Å². The van der Waals surface area contributed by atoms with Gasteiger partial charge in [0, 0.05) is 30.6 Å². The molecule has 0 radical (unpaired) electrons. The van der Waals surface area contributed by atoms with Gasteiger partial charge < -0.3 is 4.74 Å². The van der Waals surface area contributed by atoms with Crippen LogP contribution in [-0.4, -0.2) is 33.8 Å². The third-order valence-electron chi connectivity index (χ3n) is 5.90. The average molecular weight is 456 g/mol. The molecule has 0 atom stereocenters. The number of Topliss-reactive ketones (excluding diaryl/α,β-unsaturated/α-hetero) is 1. The number of thiazole rings is 1. The van der Waals surface area contributed by atoms with Crippen LogP contribution in [0.5, 0.6) is 0 Å². The standard InChI is InChI=1S/C25H30FN3O2S/c1-25(2,3)29-23(18-7-9-19(26)10-8-18)20(15-27-29)24-28-21(16-32-24)22(30)6-4-5-17-11-13-31-14-12-17/h7-10,15-17H,4-6,11-14H2,1-3H3. The number of rotatable bonds is 7. The van der Waals surface area contributed by atoms with Gasteiger partial charge in [-0.25, -0.2) is 9.37 Å². The van der Waals surface area contributed by atoms with Crippen molar-refractivity contribution >= 4 is 17.1 Å². The van der Waals surface area contributed by atoms with E-state index in [-0.39, 0.29) is 17.1 Å². The quantitative estimate of drug-likeness (QED) is 0.390. The molecule has 7 heteroatoms. The molecular formula is C25H30FN3O2S. The highest BCUT2D eigenvalue weighted by Crippen LogP contribution is 2.37. The second-order valence-electron chi connectivity index (χ2n) is 9.41. The lowest BCUT2D eigenvalue weighted by atomic mass is 9.93. The van der Waals surface area contributed by atoms with E-state index in [1.54, 1.807) is 18.3 Å². The fraction of sp³-hybridized carbons (Fsp3) is 0.480. The Morgan fingerprint density at radius 3 is 2.62 bits per heavy atom. The number of ketones is 1. The first-order valence-corrected chi connectivity index (χ1v) is 12.1. The van der Waals surface area contributed by atoms with Gasteiger partial charge in [0.05, 0.1) is 23.0 Å². The van der Waals surface area contributed by atoms with E-state index < -0.39 is 0 Å². The van der Waals surface area contributed by atoms with Gasteiger partial charge in [-0.3, -0.25) is 9.48 Å². The zero-order valence-electron chi connectivity index (χ0n) is 18.9. The molecule has 5 nitrogen and oxygen atoms in total. The van der Waals surface area contributed by atoms with E-state index in [2.05, 4.69) is 30.9 Å². The molecule has 4 rings (SSSR count). The minimum Gasteiger partial charge on any atom is -0.381 e. The van der Waals surface area contributed by atoms with Crippen molar-refractivity contribution in [3.63, 3.8) is 0 Å². The molecule has 1 saturated heterocycles. The monoisotopic (exact) mass is 455 g/mol. The number of carbonyl (C=O) groups excluding carboxylic acids is 1. The molecule has 0 saturated carbocycles. The van der Waals surface area contributed by atoms with Gasteiger partial charge in [-0.1, -0.05) is 0 Å². The van der Waals surface area contributed by atoms with Crippen molar-refractivity contribution in [1.82, 2.24) is 14.8 Å². The molecule has 0 spiro atoms. The first kappa shape index (κ1) is 22.8. The van der Waals surface area contributed by atoms with Crippen molar-refractivity contribution in [2.75, 3.05) is 13.2 Å². The van der Waals surface area contributed by atoms with Crippen LogP contribution in [0.1, 0.15) is 63.4 Å². The van der Waals surface area contributed by atoms with E-state index in [0.717, 1.165) is 60.7 Å². The summed E-state index contributed by atoms with van der Waals surface area (Å²) in [5, 5.41) is 7.21. The number of ether oxygens (including phenoxy) is 1. The average Bonchev–Trinajstić information content (AvgIpc) is 3.42. The van der Waals surface area contributed by atoms with Crippen LogP contribution in [0.2, 0.25) is 0 Å². The first-order chi connectivity index (χ1) is 15.3. The molecule has 0 aliphatic carbocycles.